The van der Waals surface area contributed by atoms with Crippen LogP contribution in [0.5, 0.6) is 0 Å². The van der Waals surface area contributed by atoms with Crippen molar-refractivity contribution in [3.8, 4) is 0 Å². The summed E-state index contributed by atoms with van der Waals surface area (Å²) in [7, 11) is 0. The second-order valence-corrected chi connectivity index (χ2v) is 8.62. The molecule has 21 heavy (non-hydrogen) atoms. The van der Waals surface area contributed by atoms with Gasteiger partial charge in [0.25, 0.3) is 0 Å². The second-order valence-electron chi connectivity index (χ2n) is 8.62. The lowest BCUT2D eigenvalue weighted by Gasteiger charge is -2.46. The SMILES string of the molecule is CC(C)(C)NC(=O)[C@H](C(C)(C)C)C1(C(N)=O)CCCCC1. The van der Waals surface area contributed by atoms with E-state index in [-0.39, 0.29) is 28.7 Å². The lowest BCUT2D eigenvalue weighted by molar-refractivity contribution is -0.150. The van der Waals surface area contributed by atoms with Crippen LogP contribution in [0.3, 0.4) is 0 Å². The second kappa shape index (κ2) is 5.98. The molecule has 0 aromatic carbocycles. The number of carbonyl (C=O) groups excluding carboxylic acids is 2. The van der Waals surface area contributed by atoms with Gasteiger partial charge in [0, 0.05) is 5.54 Å². The van der Waals surface area contributed by atoms with Crippen molar-refractivity contribution in [1.82, 2.24) is 5.32 Å². The Balaban J connectivity index is 3.22. The Morgan fingerprint density at radius 1 is 1.00 bits per heavy atom. The molecule has 0 unspecified atom stereocenters. The maximum atomic E-state index is 12.9. The third-order valence-corrected chi connectivity index (χ3v) is 4.42. The van der Waals surface area contributed by atoms with E-state index in [4.69, 9.17) is 5.73 Å². The summed E-state index contributed by atoms with van der Waals surface area (Å²) in [5.74, 6) is -0.746. The molecule has 0 bridgehead atoms. The lowest BCUT2D eigenvalue weighted by Crippen LogP contribution is -2.57. The van der Waals surface area contributed by atoms with Crippen LogP contribution in [0.2, 0.25) is 0 Å². The van der Waals surface area contributed by atoms with Gasteiger partial charge < -0.3 is 11.1 Å². The van der Waals surface area contributed by atoms with E-state index >= 15 is 0 Å². The summed E-state index contributed by atoms with van der Waals surface area (Å²) in [5, 5.41) is 3.06. The van der Waals surface area contributed by atoms with Gasteiger partial charge in [-0.05, 0) is 39.0 Å². The summed E-state index contributed by atoms with van der Waals surface area (Å²) in [6, 6.07) is 0. The molecule has 122 valence electrons. The number of carbonyl (C=O) groups is 2. The Morgan fingerprint density at radius 3 is 1.81 bits per heavy atom. The molecule has 1 atom stereocenters. The highest BCUT2D eigenvalue weighted by Crippen LogP contribution is 2.49. The minimum absolute atomic E-state index is 0.0456. The molecular weight excluding hydrogens is 264 g/mol. The summed E-state index contributed by atoms with van der Waals surface area (Å²) >= 11 is 0. The van der Waals surface area contributed by atoms with Crippen LogP contribution in [0.15, 0.2) is 0 Å². The quantitative estimate of drug-likeness (QED) is 0.840. The Hall–Kier alpha value is -1.06. The number of hydrogen-bond acceptors (Lipinski definition) is 2. The molecule has 4 heteroatoms. The molecule has 0 heterocycles. The van der Waals surface area contributed by atoms with Gasteiger partial charge in [-0.25, -0.2) is 0 Å². The molecule has 0 aromatic rings. The summed E-state index contributed by atoms with van der Waals surface area (Å²) in [6.07, 6.45) is 4.51. The fraction of sp³-hybridized carbons (Fsp3) is 0.882. The van der Waals surface area contributed by atoms with Crippen molar-refractivity contribution < 1.29 is 9.59 Å². The first kappa shape index (κ1) is 18.0. The zero-order valence-corrected chi connectivity index (χ0v) is 14.5. The van der Waals surface area contributed by atoms with Gasteiger partial charge in [-0.2, -0.15) is 0 Å². The van der Waals surface area contributed by atoms with Crippen LogP contribution in [0.4, 0.5) is 0 Å². The monoisotopic (exact) mass is 296 g/mol. The minimum atomic E-state index is -0.703. The van der Waals surface area contributed by atoms with Crippen LogP contribution in [0, 0.1) is 16.7 Å². The average molecular weight is 296 g/mol. The molecule has 0 radical (unpaired) electrons. The van der Waals surface area contributed by atoms with E-state index in [1.165, 1.54) is 0 Å². The van der Waals surface area contributed by atoms with Crippen LogP contribution >= 0.6 is 0 Å². The van der Waals surface area contributed by atoms with Gasteiger partial charge in [-0.3, -0.25) is 9.59 Å². The van der Waals surface area contributed by atoms with Gasteiger partial charge in [0.1, 0.15) is 0 Å². The largest absolute Gasteiger partial charge is 0.369 e. The number of primary amides is 1. The third-order valence-electron chi connectivity index (χ3n) is 4.42. The average Bonchev–Trinajstić information content (AvgIpc) is 2.25. The lowest BCUT2D eigenvalue weighted by atomic mass is 9.57. The first-order valence-corrected chi connectivity index (χ1v) is 8.02. The third kappa shape index (κ3) is 4.21. The molecule has 0 aromatic heterocycles. The highest BCUT2D eigenvalue weighted by molar-refractivity contribution is 5.90. The highest BCUT2D eigenvalue weighted by Gasteiger charge is 2.53. The molecule has 0 aliphatic heterocycles. The van der Waals surface area contributed by atoms with E-state index < -0.39 is 5.41 Å². The summed E-state index contributed by atoms with van der Waals surface area (Å²) < 4.78 is 0. The topological polar surface area (TPSA) is 72.2 Å². The smallest absolute Gasteiger partial charge is 0.225 e. The number of hydrogen-bond donors (Lipinski definition) is 2. The molecule has 4 nitrogen and oxygen atoms in total. The van der Waals surface area contributed by atoms with Crippen molar-refractivity contribution in [2.45, 2.75) is 79.2 Å². The van der Waals surface area contributed by atoms with E-state index in [0.29, 0.717) is 0 Å². The van der Waals surface area contributed by atoms with Crippen LogP contribution < -0.4 is 11.1 Å². The molecule has 1 fully saturated rings. The normalized spacial score (nSPS) is 20.7. The van der Waals surface area contributed by atoms with Crippen molar-refractivity contribution >= 4 is 11.8 Å². The Labute approximate surface area is 129 Å². The first-order valence-electron chi connectivity index (χ1n) is 8.02. The molecule has 1 saturated carbocycles. The standard InChI is InChI=1S/C17H32N2O2/c1-15(2,3)12(13(20)19-16(4,5)6)17(14(18)21)10-8-7-9-11-17/h12H,7-11H2,1-6H3,(H2,18,21)(H,19,20)/t12-/m1/s1. The number of rotatable bonds is 3. The van der Waals surface area contributed by atoms with Gasteiger partial charge in [-0.1, -0.05) is 40.0 Å². The molecule has 0 spiro atoms. The Kier molecular flexibility index (Phi) is 5.12. The Morgan fingerprint density at radius 2 is 1.48 bits per heavy atom. The van der Waals surface area contributed by atoms with Crippen LogP contribution in [0.1, 0.15) is 73.6 Å². The molecule has 3 N–H and O–H groups in total. The van der Waals surface area contributed by atoms with Crippen molar-refractivity contribution in [3.63, 3.8) is 0 Å². The van der Waals surface area contributed by atoms with Crippen LogP contribution in [-0.4, -0.2) is 17.4 Å². The molecular formula is C17H32N2O2. The highest BCUT2D eigenvalue weighted by atomic mass is 16.2. The summed E-state index contributed by atoms with van der Waals surface area (Å²) in [4.78, 5) is 25.2. The predicted octanol–water partition coefficient (Wildman–Crippen LogP) is 3.00. The van der Waals surface area contributed by atoms with Gasteiger partial charge in [0.15, 0.2) is 0 Å². The van der Waals surface area contributed by atoms with Crippen molar-refractivity contribution in [2.24, 2.45) is 22.5 Å². The van der Waals surface area contributed by atoms with Gasteiger partial charge >= 0.3 is 0 Å². The first-order chi connectivity index (χ1) is 9.40. The molecule has 0 saturated heterocycles. The number of nitrogens with one attached hydrogen (secondary N) is 1. The fourth-order valence-corrected chi connectivity index (χ4v) is 3.77. The zero-order chi connectivity index (χ0) is 16.5. The van der Waals surface area contributed by atoms with Gasteiger partial charge in [0.05, 0.1) is 11.3 Å². The van der Waals surface area contributed by atoms with E-state index in [0.717, 1.165) is 32.1 Å². The molecule has 1 aliphatic carbocycles. The van der Waals surface area contributed by atoms with Gasteiger partial charge in [-0.15, -0.1) is 0 Å². The maximum Gasteiger partial charge on any atom is 0.225 e. The summed E-state index contributed by atoms with van der Waals surface area (Å²) in [5.41, 5.74) is 4.46. The van der Waals surface area contributed by atoms with Crippen LogP contribution in [-0.2, 0) is 9.59 Å². The predicted molar refractivity (Wildman–Crippen MR) is 85.6 cm³/mol. The zero-order valence-electron chi connectivity index (χ0n) is 14.5. The van der Waals surface area contributed by atoms with Crippen molar-refractivity contribution in [2.75, 3.05) is 0 Å². The van der Waals surface area contributed by atoms with E-state index in [9.17, 15) is 9.59 Å². The van der Waals surface area contributed by atoms with Crippen LogP contribution in [0.25, 0.3) is 0 Å². The molecule has 1 rings (SSSR count). The van der Waals surface area contributed by atoms with E-state index in [1.807, 2.05) is 41.5 Å². The molecule has 2 amide bonds. The molecule has 1 aliphatic rings. The number of nitrogens with two attached hydrogens (primary N) is 1. The van der Waals surface area contributed by atoms with Crippen molar-refractivity contribution in [1.29, 1.82) is 0 Å². The van der Waals surface area contributed by atoms with E-state index in [2.05, 4.69) is 5.32 Å². The van der Waals surface area contributed by atoms with Gasteiger partial charge in [0.2, 0.25) is 11.8 Å². The number of amides is 2. The van der Waals surface area contributed by atoms with E-state index in [1.54, 1.807) is 0 Å². The summed E-state index contributed by atoms with van der Waals surface area (Å²) in [6.45, 7) is 12.0. The fourth-order valence-electron chi connectivity index (χ4n) is 3.77. The Bertz CT molecular complexity index is 396. The van der Waals surface area contributed by atoms with Crippen molar-refractivity contribution in [3.05, 3.63) is 0 Å². The minimum Gasteiger partial charge on any atom is -0.369 e. The maximum absolute atomic E-state index is 12.9.